The van der Waals surface area contributed by atoms with E-state index in [1.807, 2.05) is 0 Å². The first-order valence-electron chi connectivity index (χ1n) is 6.01. The van der Waals surface area contributed by atoms with Crippen LogP contribution >= 0.6 is 0 Å². The Hall–Kier alpha value is -3.35. The highest BCUT2D eigenvalue weighted by atomic mass is 16.5. The minimum atomic E-state index is -1.66. The Morgan fingerprint density at radius 3 is 1.82 bits per heavy atom. The maximum atomic E-state index is 11.4. The number of aromatic carboxylic acids is 3. The molecular weight excluding hydrogens is 292 g/mol. The van der Waals surface area contributed by atoms with Gasteiger partial charge in [0.25, 0.3) is 0 Å². The maximum absolute atomic E-state index is 11.4. The summed E-state index contributed by atoms with van der Waals surface area (Å²) in [6.45, 7) is 0. The molecule has 0 heterocycles. The van der Waals surface area contributed by atoms with E-state index in [0.29, 0.717) is 5.75 Å². The predicted molar refractivity (Wildman–Crippen MR) is 73.8 cm³/mol. The van der Waals surface area contributed by atoms with Gasteiger partial charge in [-0.3, -0.25) is 0 Å². The molecule has 0 atom stereocenters. The molecule has 112 valence electrons. The summed E-state index contributed by atoms with van der Waals surface area (Å²) in [6.07, 6.45) is 0. The highest BCUT2D eigenvalue weighted by Gasteiger charge is 2.28. The van der Waals surface area contributed by atoms with Crippen molar-refractivity contribution in [2.45, 2.75) is 0 Å². The molecule has 2 aromatic carbocycles. The van der Waals surface area contributed by atoms with Crippen molar-refractivity contribution in [2.24, 2.45) is 0 Å². The van der Waals surface area contributed by atoms with Crippen molar-refractivity contribution in [3.8, 4) is 11.5 Å². The van der Waals surface area contributed by atoms with Crippen molar-refractivity contribution in [1.29, 1.82) is 0 Å². The lowest BCUT2D eigenvalue weighted by Gasteiger charge is -2.12. The van der Waals surface area contributed by atoms with Crippen molar-refractivity contribution in [3.63, 3.8) is 0 Å². The standard InChI is InChI=1S/C15H10O7/c16-13(17)9-6-7-10(22-8-4-2-1-3-5-8)12(15(20)21)11(9)14(18)19/h1-7H,(H,16,17)(H,18,19)(H,20,21). The van der Waals surface area contributed by atoms with Gasteiger partial charge in [0.05, 0.1) is 11.1 Å². The zero-order valence-corrected chi connectivity index (χ0v) is 11.0. The van der Waals surface area contributed by atoms with Crippen LogP contribution in [0.25, 0.3) is 0 Å². The van der Waals surface area contributed by atoms with Crippen molar-refractivity contribution in [1.82, 2.24) is 0 Å². The van der Waals surface area contributed by atoms with E-state index in [1.165, 1.54) is 0 Å². The minimum Gasteiger partial charge on any atom is -0.478 e. The molecule has 2 rings (SSSR count). The second-order valence-corrected chi connectivity index (χ2v) is 4.19. The average Bonchev–Trinajstić information content (AvgIpc) is 2.47. The monoisotopic (exact) mass is 302 g/mol. The molecule has 0 fully saturated rings. The minimum absolute atomic E-state index is 0.249. The summed E-state index contributed by atoms with van der Waals surface area (Å²) >= 11 is 0. The zero-order valence-electron chi connectivity index (χ0n) is 11.0. The molecule has 22 heavy (non-hydrogen) atoms. The first kappa shape index (κ1) is 15.0. The first-order valence-corrected chi connectivity index (χ1v) is 6.01. The lowest BCUT2D eigenvalue weighted by Crippen LogP contribution is -2.15. The summed E-state index contributed by atoms with van der Waals surface area (Å²) in [5.74, 6) is -4.74. The number of ether oxygens (including phenoxy) is 1. The lowest BCUT2D eigenvalue weighted by molar-refractivity contribution is 0.0631. The van der Waals surface area contributed by atoms with Crippen LogP contribution in [0.15, 0.2) is 42.5 Å². The van der Waals surface area contributed by atoms with E-state index >= 15 is 0 Å². The molecule has 0 saturated heterocycles. The molecule has 3 N–H and O–H groups in total. The van der Waals surface area contributed by atoms with Crippen LogP contribution in [0.4, 0.5) is 0 Å². The van der Waals surface area contributed by atoms with E-state index in [4.69, 9.17) is 14.9 Å². The second-order valence-electron chi connectivity index (χ2n) is 4.19. The third kappa shape index (κ3) is 2.88. The Morgan fingerprint density at radius 1 is 0.727 bits per heavy atom. The number of benzene rings is 2. The largest absolute Gasteiger partial charge is 0.478 e. The van der Waals surface area contributed by atoms with Gasteiger partial charge in [-0.2, -0.15) is 0 Å². The van der Waals surface area contributed by atoms with E-state index in [2.05, 4.69) is 0 Å². The fraction of sp³-hybridized carbons (Fsp3) is 0. The van der Waals surface area contributed by atoms with Gasteiger partial charge in [0, 0.05) is 0 Å². The highest BCUT2D eigenvalue weighted by molar-refractivity contribution is 6.10. The summed E-state index contributed by atoms with van der Waals surface area (Å²) in [4.78, 5) is 33.7. The molecule has 0 radical (unpaired) electrons. The van der Waals surface area contributed by atoms with Crippen molar-refractivity contribution >= 4 is 17.9 Å². The number of carboxylic acid groups (broad SMARTS) is 3. The maximum Gasteiger partial charge on any atom is 0.340 e. The normalized spacial score (nSPS) is 10.0. The van der Waals surface area contributed by atoms with Crippen LogP contribution in [0.2, 0.25) is 0 Å². The summed E-state index contributed by atoms with van der Waals surface area (Å²) in [7, 11) is 0. The van der Waals surface area contributed by atoms with Crippen LogP contribution in [0.1, 0.15) is 31.1 Å². The number of carboxylic acids is 3. The summed E-state index contributed by atoms with van der Waals surface area (Å²) < 4.78 is 5.36. The van der Waals surface area contributed by atoms with Gasteiger partial charge in [0.2, 0.25) is 0 Å². The third-order valence-electron chi connectivity index (χ3n) is 2.80. The van der Waals surface area contributed by atoms with Crippen LogP contribution in [-0.2, 0) is 0 Å². The second kappa shape index (κ2) is 5.96. The summed E-state index contributed by atoms with van der Waals surface area (Å²) in [5.41, 5.74) is -2.16. The van der Waals surface area contributed by atoms with Crippen LogP contribution in [-0.4, -0.2) is 33.2 Å². The molecule has 0 aliphatic carbocycles. The molecule has 2 aromatic rings. The van der Waals surface area contributed by atoms with E-state index in [0.717, 1.165) is 12.1 Å². The average molecular weight is 302 g/mol. The Labute approximate surface area is 124 Å². The summed E-state index contributed by atoms with van der Waals surface area (Å²) in [5, 5.41) is 27.4. The number of rotatable bonds is 5. The van der Waals surface area contributed by atoms with Gasteiger partial charge in [-0.15, -0.1) is 0 Å². The van der Waals surface area contributed by atoms with Crippen molar-refractivity contribution < 1.29 is 34.4 Å². The Bertz CT molecular complexity index is 750. The fourth-order valence-electron chi connectivity index (χ4n) is 1.90. The Kier molecular flexibility index (Phi) is 4.08. The van der Waals surface area contributed by atoms with Crippen molar-refractivity contribution in [2.75, 3.05) is 0 Å². The van der Waals surface area contributed by atoms with Gasteiger partial charge in [0.1, 0.15) is 17.1 Å². The Morgan fingerprint density at radius 2 is 1.32 bits per heavy atom. The quantitative estimate of drug-likeness (QED) is 0.776. The van der Waals surface area contributed by atoms with Crippen LogP contribution in [0.5, 0.6) is 11.5 Å². The number of hydrogen-bond donors (Lipinski definition) is 3. The molecule has 7 heteroatoms. The van der Waals surface area contributed by atoms with E-state index in [1.54, 1.807) is 30.3 Å². The van der Waals surface area contributed by atoms with Crippen LogP contribution in [0, 0.1) is 0 Å². The summed E-state index contributed by atoms with van der Waals surface area (Å²) in [6, 6.07) is 10.2. The highest BCUT2D eigenvalue weighted by Crippen LogP contribution is 2.30. The van der Waals surface area contributed by atoms with E-state index in [-0.39, 0.29) is 5.75 Å². The molecule has 0 saturated carbocycles. The zero-order chi connectivity index (χ0) is 16.3. The van der Waals surface area contributed by atoms with Crippen LogP contribution in [0.3, 0.4) is 0 Å². The van der Waals surface area contributed by atoms with Gasteiger partial charge in [-0.25, -0.2) is 14.4 Å². The lowest BCUT2D eigenvalue weighted by atomic mass is 10.00. The molecule has 7 nitrogen and oxygen atoms in total. The van der Waals surface area contributed by atoms with Crippen LogP contribution < -0.4 is 4.74 Å². The van der Waals surface area contributed by atoms with Gasteiger partial charge >= 0.3 is 17.9 Å². The number of hydrogen-bond acceptors (Lipinski definition) is 4. The molecule has 0 aliphatic heterocycles. The van der Waals surface area contributed by atoms with Gasteiger partial charge < -0.3 is 20.1 Å². The molecule has 0 spiro atoms. The molecule has 0 unspecified atom stereocenters. The predicted octanol–water partition coefficient (Wildman–Crippen LogP) is 2.57. The topological polar surface area (TPSA) is 121 Å². The van der Waals surface area contributed by atoms with Crippen molar-refractivity contribution in [3.05, 3.63) is 59.2 Å². The smallest absolute Gasteiger partial charge is 0.340 e. The van der Waals surface area contributed by atoms with E-state index in [9.17, 15) is 19.5 Å². The Balaban J connectivity index is 2.65. The molecule has 0 aliphatic rings. The first-order chi connectivity index (χ1) is 10.4. The fourth-order valence-corrected chi connectivity index (χ4v) is 1.90. The molecule has 0 amide bonds. The van der Waals surface area contributed by atoms with Gasteiger partial charge in [0.15, 0.2) is 0 Å². The van der Waals surface area contributed by atoms with Gasteiger partial charge in [-0.05, 0) is 24.3 Å². The number of para-hydroxylation sites is 1. The van der Waals surface area contributed by atoms with E-state index < -0.39 is 34.6 Å². The number of carbonyl (C=O) groups is 3. The van der Waals surface area contributed by atoms with Gasteiger partial charge in [-0.1, -0.05) is 18.2 Å². The molecule has 0 aromatic heterocycles. The molecule has 0 bridgehead atoms. The SMILES string of the molecule is O=C(O)c1ccc(Oc2ccccc2)c(C(=O)O)c1C(=O)O. The third-order valence-corrected chi connectivity index (χ3v) is 2.80. The molecular formula is C15H10O7.